The summed E-state index contributed by atoms with van der Waals surface area (Å²) in [6.07, 6.45) is 2.31. The lowest BCUT2D eigenvalue weighted by molar-refractivity contribution is -0.129. The first-order chi connectivity index (χ1) is 9.60. The Morgan fingerprint density at radius 2 is 2.05 bits per heavy atom. The molecule has 0 atom stereocenters. The molecule has 20 heavy (non-hydrogen) atoms. The van der Waals surface area contributed by atoms with Gasteiger partial charge in [0, 0.05) is 17.5 Å². The predicted octanol–water partition coefficient (Wildman–Crippen LogP) is 3.30. The van der Waals surface area contributed by atoms with Crippen molar-refractivity contribution in [2.75, 3.05) is 12.3 Å². The second kappa shape index (κ2) is 6.81. The van der Waals surface area contributed by atoms with Crippen LogP contribution >= 0.6 is 11.8 Å². The van der Waals surface area contributed by atoms with Crippen LogP contribution in [-0.2, 0) is 4.79 Å². The summed E-state index contributed by atoms with van der Waals surface area (Å²) < 4.78 is 0. The number of rotatable bonds is 6. The minimum absolute atomic E-state index is 0.232. The van der Waals surface area contributed by atoms with Gasteiger partial charge in [0.2, 0.25) is 5.91 Å². The van der Waals surface area contributed by atoms with E-state index in [0.717, 1.165) is 24.3 Å². The van der Waals surface area contributed by atoms with Crippen molar-refractivity contribution in [3.63, 3.8) is 0 Å². The molecule has 0 unspecified atom stereocenters. The van der Waals surface area contributed by atoms with Crippen LogP contribution in [0.3, 0.4) is 0 Å². The van der Waals surface area contributed by atoms with Crippen LogP contribution in [0.25, 0.3) is 0 Å². The molecule has 106 valence electrons. The summed E-state index contributed by atoms with van der Waals surface area (Å²) in [6.45, 7) is 5.16. The third-order valence-corrected chi connectivity index (χ3v) is 4.21. The number of nitriles is 1. The predicted molar refractivity (Wildman–Crippen MR) is 81.5 cm³/mol. The van der Waals surface area contributed by atoms with Crippen LogP contribution in [0.2, 0.25) is 0 Å². The molecule has 1 aromatic carbocycles. The molecule has 1 aromatic rings. The van der Waals surface area contributed by atoms with Gasteiger partial charge in [-0.15, -0.1) is 11.8 Å². The van der Waals surface area contributed by atoms with Crippen LogP contribution in [0.15, 0.2) is 29.2 Å². The lowest BCUT2D eigenvalue weighted by Crippen LogP contribution is -2.37. The molecule has 1 aliphatic carbocycles. The van der Waals surface area contributed by atoms with Crippen molar-refractivity contribution in [3.8, 4) is 6.07 Å². The standard InChI is InChI=1S/C16H20N2OS/c1-12(2)10-18(14-5-6-14)16(19)11-20-15-7-3-13(9-17)4-8-15/h3-4,7-8,12,14H,5-6,10-11H2,1-2H3. The van der Waals surface area contributed by atoms with Gasteiger partial charge < -0.3 is 4.90 Å². The second-order valence-corrected chi connectivity index (χ2v) is 6.64. The van der Waals surface area contributed by atoms with Gasteiger partial charge in [0.05, 0.1) is 17.4 Å². The molecule has 3 nitrogen and oxygen atoms in total. The average molecular weight is 288 g/mol. The van der Waals surface area contributed by atoms with Gasteiger partial charge in [-0.05, 0) is 43.0 Å². The highest BCUT2D eigenvalue weighted by molar-refractivity contribution is 8.00. The van der Waals surface area contributed by atoms with Gasteiger partial charge in [0.15, 0.2) is 0 Å². The molecule has 0 aromatic heterocycles. The highest BCUT2D eigenvalue weighted by Crippen LogP contribution is 2.29. The number of thioether (sulfide) groups is 1. The number of benzene rings is 1. The maximum absolute atomic E-state index is 12.3. The molecule has 0 N–H and O–H groups in total. The molecule has 1 saturated carbocycles. The van der Waals surface area contributed by atoms with Gasteiger partial charge in [-0.2, -0.15) is 5.26 Å². The Kier molecular flexibility index (Phi) is 5.08. The van der Waals surface area contributed by atoms with E-state index >= 15 is 0 Å². The summed E-state index contributed by atoms with van der Waals surface area (Å²) >= 11 is 1.55. The zero-order chi connectivity index (χ0) is 14.5. The van der Waals surface area contributed by atoms with Crippen LogP contribution in [0.4, 0.5) is 0 Å². The number of carbonyl (C=O) groups is 1. The molecule has 0 radical (unpaired) electrons. The van der Waals surface area contributed by atoms with E-state index in [9.17, 15) is 4.79 Å². The van der Waals surface area contributed by atoms with Crippen molar-refractivity contribution < 1.29 is 4.79 Å². The van der Waals surface area contributed by atoms with Gasteiger partial charge in [-0.25, -0.2) is 0 Å². The Bertz CT molecular complexity index is 500. The molecule has 2 rings (SSSR count). The summed E-state index contributed by atoms with van der Waals surface area (Å²) in [5, 5.41) is 8.75. The molecular weight excluding hydrogens is 268 g/mol. The summed E-state index contributed by atoms with van der Waals surface area (Å²) in [7, 11) is 0. The molecule has 0 heterocycles. The Morgan fingerprint density at radius 1 is 1.40 bits per heavy atom. The largest absolute Gasteiger partial charge is 0.339 e. The highest BCUT2D eigenvalue weighted by Gasteiger charge is 2.32. The van der Waals surface area contributed by atoms with Crippen LogP contribution in [0.1, 0.15) is 32.3 Å². The number of nitrogens with zero attached hydrogens (tertiary/aromatic N) is 2. The first-order valence-corrected chi connectivity index (χ1v) is 8.01. The van der Waals surface area contributed by atoms with E-state index < -0.39 is 0 Å². The van der Waals surface area contributed by atoms with Crippen molar-refractivity contribution in [2.24, 2.45) is 5.92 Å². The topological polar surface area (TPSA) is 44.1 Å². The highest BCUT2D eigenvalue weighted by atomic mass is 32.2. The van der Waals surface area contributed by atoms with E-state index in [2.05, 4.69) is 19.9 Å². The number of hydrogen-bond donors (Lipinski definition) is 0. The zero-order valence-corrected chi connectivity index (χ0v) is 12.8. The third kappa shape index (κ3) is 4.28. The number of amides is 1. The van der Waals surface area contributed by atoms with E-state index in [1.165, 1.54) is 0 Å². The monoisotopic (exact) mass is 288 g/mol. The van der Waals surface area contributed by atoms with Crippen molar-refractivity contribution in [3.05, 3.63) is 29.8 Å². The first kappa shape index (κ1) is 14.9. The van der Waals surface area contributed by atoms with Crippen LogP contribution in [-0.4, -0.2) is 29.1 Å². The maximum Gasteiger partial charge on any atom is 0.233 e. The van der Waals surface area contributed by atoms with E-state index in [1.54, 1.807) is 23.9 Å². The van der Waals surface area contributed by atoms with Gasteiger partial charge in [0.25, 0.3) is 0 Å². The minimum Gasteiger partial charge on any atom is -0.339 e. The molecule has 0 aliphatic heterocycles. The summed E-state index contributed by atoms with van der Waals surface area (Å²) in [5.74, 6) is 1.23. The fraction of sp³-hybridized carbons (Fsp3) is 0.500. The first-order valence-electron chi connectivity index (χ1n) is 7.02. The number of carbonyl (C=O) groups excluding carboxylic acids is 1. The van der Waals surface area contributed by atoms with Crippen molar-refractivity contribution >= 4 is 17.7 Å². The Labute approximate surface area is 125 Å². The Balaban J connectivity index is 1.88. The lowest BCUT2D eigenvalue weighted by Gasteiger charge is -2.24. The Hall–Kier alpha value is -1.47. The minimum atomic E-state index is 0.232. The second-order valence-electron chi connectivity index (χ2n) is 5.60. The van der Waals surface area contributed by atoms with Crippen LogP contribution in [0, 0.1) is 17.2 Å². The molecule has 0 spiro atoms. The zero-order valence-electron chi connectivity index (χ0n) is 12.0. The smallest absolute Gasteiger partial charge is 0.233 e. The molecule has 1 aliphatic rings. The molecule has 1 amide bonds. The molecule has 0 bridgehead atoms. The van der Waals surface area contributed by atoms with Crippen molar-refractivity contribution in [1.82, 2.24) is 4.90 Å². The lowest BCUT2D eigenvalue weighted by atomic mass is 10.2. The molecule has 1 fully saturated rings. The summed E-state index contributed by atoms with van der Waals surface area (Å²) in [4.78, 5) is 15.4. The quantitative estimate of drug-likeness (QED) is 0.754. The van der Waals surface area contributed by atoms with Gasteiger partial charge in [-0.3, -0.25) is 4.79 Å². The fourth-order valence-electron chi connectivity index (χ4n) is 2.09. The van der Waals surface area contributed by atoms with Crippen molar-refractivity contribution in [2.45, 2.75) is 37.6 Å². The van der Waals surface area contributed by atoms with E-state index in [4.69, 9.17) is 5.26 Å². The Morgan fingerprint density at radius 3 is 2.55 bits per heavy atom. The summed E-state index contributed by atoms with van der Waals surface area (Å²) in [6, 6.07) is 9.96. The number of hydrogen-bond acceptors (Lipinski definition) is 3. The fourth-order valence-corrected chi connectivity index (χ4v) is 2.87. The molecule has 0 saturated heterocycles. The van der Waals surface area contributed by atoms with Crippen molar-refractivity contribution in [1.29, 1.82) is 5.26 Å². The average Bonchev–Trinajstić information content (AvgIpc) is 3.27. The molecular formula is C16H20N2OS. The van der Waals surface area contributed by atoms with Gasteiger partial charge in [-0.1, -0.05) is 13.8 Å². The van der Waals surface area contributed by atoms with E-state index in [0.29, 0.717) is 23.3 Å². The van der Waals surface area contributed by atoms with E-state index in [-0.39, 0.29) is 5.91 Å². The maximum atomic E-state index is 12.3. The van der Waals surface area contributed by atoms with Crippen LogP contribution in [0.5, 0.6) is 0 Å². The van der Waals surface area contributed by atoms with Gasteiger partial charge in [0.1, 0.15) is 0 Å². The normalized spacial score (nSPS) is 14.1. The van der Waals surface area contributed by atoms with Gasteiger partial charge >= 0.3 is 0 Å². The molecule has 4 heteroatoms. The van der Waals surface area contributed by atoms with E-state index in [1.807, 2.05) is 17.0 Å². The SMILES string of the molecule is CC(C)CN(C(=O)CSc1ccc(C#N)cc1)C1CC1. The summed E-state index contributed by atoms with van der Waals surface area (Å²) in [5.41, 5.74) is 0.653. The third-order valence-electron chi connectivity index (χ3n) is 3.22. The van der Waals surface area contributed by atoms with Crippen LogP contribution < -0.4 is 0 Å².